The molecule has 23 heavy (non-hydrogen) atoms. The Hall–Kier alpha value is -1.93. The average molecular weight is 339 g/mol. The van der Waals surface area contributed by atoms with Crippen molar-refractivity contribution in [2.24, 2.45) is 5.92 Å². The number of anilines is 1. The maximum absolute atomic E-state index is 12.3. The Morgan fingerprint density at radius 1 is 1.26 bits per heavy atom. The number of sulfonamides is 1. The van der Waals surface area contributed by atoms with Crippen LogP contribution in [0.5, 0.6) is 0 Å². The predicted molar refractivity (Wildman–Crippen MR) is 83.2 cm³/mol. The number of benzene rings is 1. The third-order valence-electron chi connectivity index (χ3n) is 3.99. The number of hydrogen-bond acceptors (Lipinski definition) is 5. The average Bonchev–Trinajstić information content (AvgIpc) is 2.55. The second-order valence-electron chi connectivity index (χ2n) is 5.40. The fourth-order valence-corrected chi connectivity index (χ4v) is 3.72. The van der Waals surface area contributed by atoms with Crippen molar-refractivity contribution >= 4 is 27.6 Å². The van der Waals surface area contributed by atoms with Gasteiger partial charge in [0, 0.05) is 30.3 Å². The molecule has 1 N–H and O–H groups in total. The number of rotatable bonds is 5. The van der Waals surface area contributed by atoms with Crippen molar-refractivity contribution in [2.75, 3.05) is 24.2 Å². The number of piperidine rings is 1. The highest BCUT2D eigenvalue weighted by Gasteiger charge is 2.30. The fourth-order valence-electron chi connectivity index (χ4n) is 2.58. The summed E-state index contributed by atoms with van der Waals surface area (Å²) in [4.78, 5) is 23.3. The van der Waals surface area contributed by atoms with Gasteiger partial charge in [-0.3, -0.25) is 4.79 Å². The van der Waals surface area contributed by atoms with E-state index in [4.69, 9.17) is 0 Å². The van der Waals surface area contributed by atoms with E-state index in [1.165, 1.54) is 16.4 Å². The number of nitrogens with zero attached hydrogens (tertiary/aromatic N) is 1. The summed E-state index contributed by atoms with van der Waals surface area (Å²) in [5, 5.41) is 13.6. The number of hydrogen-bond donors (Lipinski definition) is 1. The number of carbonyl (C=O) groups excluding carboxylic acids is 2. The smallest absolute Gasteiger partial charge is 0.227 e. The summed E-state index contributed by atoms with van der Waals surface area (Å²) in [5.74, 6) is -1.95. The molecule has 0 atom stereocenters. The minimum absolute atomic E-state index is 0.0445. The lowest BCUT2D eigenvalue weighted by atomic mass is 9.97. The zero-order valence-corrected chi connectivity index (χ0v) is 13.6. The normalized spacial score (nSPS) is 16.9. The monoisotopic (exact) mass is 339 g/mol. The summed E-state index contributed by atoms with van der Waals surface area (Å²) in [6.07, 6.45) is 0.830. The molecule has 1 fully saturated rings. The lowest BCUT2D eigenvalue weighted by molar-refractivity contribution is -0.254. The molecule has 8 heteroatoms. The minimum Gasteiger partial charge on any atom is -0.545 e. The van der Waals surface area contributed by atoms with Gasteiger partial charge in [0.1, 0.15) is 0 Å². The molecule has 0 aliphatic carbocycles. The van der Waals surface area contributed by atoms with Gasteiger partial charge in [-0.2, -0.15) is 0 Å². The molecule has 1 amide bonds. The van der Waals surface area contributed by atoms with Gasteiger partial charge in [0.15, 0.2) is 0 Å². The van der Waals surface area contributed by atoms with Gasteiger partial charge in [0.25, 0.3) is 0 Å². The summed E-state index contributed by atoms with van der Waals surface area (Å²) >= 11 is 0. The van der Waals surface area contributed by atoms with Crippen LogP contribution in [-0.2, 0) is 14.8 Å². The zero-order valence-electron chi connectivity index (χ0n) is 12.8. The second-order valence-corrected chi connectivity index (χ2v) is 7.65. The van der Waals surface area contributed by atoms with Gasteiger partial charge >= 0.3 is 0 Å². The summed E-state index contributed by atoms with van der Waals surface area (Å²) < 4.78 is 25.0. The van der Waals surface area contributed by atoms with Crippen LogP contribution >= 0.6 is 0 Å². The first-order valence-corrected chi connectivity index (χ1v) is 9.05. The highest BCUT2D eigenvalue weighted by Crippen LogP contribution is 2.22. The quantitative estimate of drug-likeness (QED) is 0.816. The van der Waals surface area contributed by atoms with Gasteiger partial charge in [0.05, 0.1) is 11.7 Å². The zero-order chi connectivity index (χ0) is 17.0. The third kappa shape index (κ3) is 4.08. The Labute approximate surface area is 135 Å². The molecular weight excluding hydrogens is 320 g/mol. The Morgan fingerprint density at radius 2 is 1.87 bits per heavy atom. The van der Waals surface area contributed by atoms with Crippen molar-refractivity contribution < 1.29 is 23.1 Å². The van der Waals surface area contributed by atoms with E-state index in [1.807, 2.05) is 0 Å². The van der Waals surface area contributed by atoms with E-state index in [0.717, 1.165) is 0 Å². The molecule has 126 valence electrons. The van der Waals surface area contributed by atoms with Crippen LogP contribution in [0.15, 0.2) is 24.3 Å². The van der Waals surface area contributed by atoms with Gasteiger partial charge in [-0.05, 0) is 25.8 Å². The maximum Gasteiger partial charge on any atom is 0.227 e. The van der Waals surface area contributed by atoms with Crippen LogP contribution in [0.3, 0.4) is 0 Å². The Bertz CT molecular complexity index is 694. The van der Waals surface area contributed by atoms with Crippen LogP contribution in [0.25, 0.3) is 0 Å². The summed E-state index contributed by atoms with van der Waals surface area (Å²) in [7, 11) is -3.23. The molecule has 2 rings (SSSR count). The van der Waals surface area contributed by atoms with Crippen LogP contribution < -0.4 is 10.4 Å². The van der Waals surface area contributed by atoms with Crippen LogP contribution in [0, 0.1) is 5.92 Å². The van der Waals surface area contributed by atoms with E-state index in [9.17, 15) is 23.1 Å². The van der Waals surface area contributed by atoms with Crippen molar-refractivity contribution in [1.82, 2.24) is 4.31 Å². The molecule has 0 aromatic heterocycles. The Balaban J connectivity index is 2.00. The number of amides is 1. The largest absolute Gasteiger partial charge is 0.545 e. The SMILES string of the molecule is CCS(=O)(=O)N1CCC(C(=O)Nc2ccccc2C(=O)[O-])CC1. The molecule has 7 nitrogen and oxygen atoms in total. The van der Waals surface area contributed by atoms with Crippen LogP contribution in [0.2, 0.25) is 0 Å². The van der Waals surface area contributed by atoms with Gasteiger partial charge in [-0.1, -0.05) is 18.2 Å². The Kier molecular flexibility index (Phi) is 5.38. The van der Waals surface area contributed by atoms with Gasteiger partial charge < -0.3 is 15.2 Å². The van der Waals surface area contributed by atoms with Crippen molar-refractivity contribution in [1.29, 1.82) is 0 Å². The molecule has 1 aliphatic rings. The fraction of sp³-hybridized carbons (Fsp3) is 0.467. The number of carboxylic acid groups (broad SMARTS) is 1. The highest BCUT2D eigenvalue weighted by molar-refractivity contribution is 7.89. The molecule has 0 spiro atoms. The number of carboxylic acids is 1. The first-order valence-electron chi connectivity index (χ1n) is 7.44. The number of aromatic carboxylic acids is 1. The van der Waals surface area contributed by atoms with E-state index >= 15 is 0 Å². The molecule has 1 aliphatic heterocycles. The van der Waals surface area contributed by atoms with Crippen molar-refractivity contribution in [3.63, 3.8) is 0 Å². The number of nitrogens with one attached hydrogen (secondary N) is 1. The number of para-hydroxylation sites is 1. The van der Waals surface area contributed by atoms with E-state index in [2.05, 4.69) is 5.32 Å². The van der Waals surface area contributed by atoms with Crippen LogP contribution in [-0.4, -0.2) is 43.4 Å². The van der Waals surface area contributed by atoms with Crippen molar-refractivity contribution in [3.05, 3.63) is 29.8 Å². The van der Waals surface area contributed by atoms with Gasteiger partial charge in [-0.15, -0.1) is 0 Å². The number of carbonyl (C=O) groups is 2. The van der Waals surface area contributed by atoms with Crippen LogP contribution in [0.4, 0.5) is 5.69 Å². The topological polar surface area (TPSA) is 107 Å². The molecular formula is C15H19N2O5S-. The Morgan fingerprint density at radius 3 is 2.43 bits per heavy atom. The van der Waals surface area contributed by atoms with Crippen LogP contribution in [0.1, 0.15) is 30.1 Å². The van der Waals surface area contributed by atoms with Crippen molar-refractivity contribution in [2.45, 2.75) is 19.8 Å². The maximum atomic E-state index is 12.3. The molecule has 0 radical (unpaired) electrons. The van der Waals surface area contributed by atoms with E-state index in [0.29, 0.717) is 25.9 Å². The molecule has 0 unspecified atom stereocenters. The molecule has 0 saturated carbocycles. The predicted octanol–water partition coefficient (Wildman–Crippen LogP) is 0.0503. The van der Waals surface area contributed by atoms with E-state index in [-0.39, 0.29) is 28.8 Å². The molecule has 1 aromatic carbocycles. The van der Waals surface area contributed by atoms with E-state index in [1.54, 1.807) is 19.1 Å². The molecule has 1 heterocycles. The highest BCUT2D eigenvalue weighted by atomic mass is 32.2. The molecule has 1 aromatic rings. The molecule has 1 saturated heterocycles. The lowest BCUT2D eigenvalue weighted by Crippen LogP contribution is -2.42. The summed E-state index contributed by atoms with van der Waals surface area (Å²) in [6, 6.07) is 6.04. The third-order valence-corrected chi connectivity index (χ3v) is 5.87. The second kappa shape index (κ2) is 7.10. The van der Waals surface area contributed by atoms with E-state index < -0.39 is 16.0 Å². The molecule has 0 bridgehead atoms. The summed E-state index contributed by atoms with van der Waals surface area (Å²) in [6.45, 7) is 2.19. The first kappa shape index (κ1) is 17.4. The van der Waals surface area contributed by atoms with Gasteiger partial charge in [-0.25, -0.2) is 12.7 Å². The standard InChI is InChI=1S/C15H20N2O5S/c1-2-23(21,22)17-9-7-11(8-10-17)14(18)16-13-6-4-3-5-12(13)15(19)20/h3-6,11H,2,7-10H2,1H3,(H,16,18)(H,19,20)/p-1. The summed E-state index contributed by atoms with van der Waals surface area (Å²) in [5.41, 5.74) is 0.118. The minimum atomic E-state index is -3.23. The van der Waals surface area contributed by atoms with Gasteiger partial charge in [0.2, 0.25) is 15.9 Å². The first-order chi connectivity index (χ1) is 10.8. The van der Waals surface area contributed by atoms with Crippen molar-refractivity contribution in [3.8, 4) is 0 Å². The lowest BCUT2D eigenvalue weighted by Gasteiger charge is -2.30.